The first-order valence-corrected chi connectivity index (χ1v) is 11.5. The molecule has 1 aromatic heterocycles. The van der Waals surface area contributed by atoms with E-state index in [9.17, 15) is 9.59 Å². The molecule has 8 heteroatoms. The van der Waals surface area contributed by atoms with E-state index in [2.05, 4.69) is 21.2 Å². The predicted molar refractivity (Wildman–Crippen MR) is 128 cm³/mol. The molecule has 3 rings (SSSR count). The number of amides is 1. The number of esters is 1. The second-order valence-electron chi connectivity index (χ2n) is 6.68. The van der Waals surface area contributed by atoms with Gasteiger partial charge in [-0.1, -0.05) is 46.6 Å². The molecule has 0 aliphatic rings. The summed E-state index contributed by atoms with van der Waals surface area (Å²) < 4.78 is 11.7. The lowest BCUT2D eigenvalue weighted by molar-refractivity contribution is -0.118. The van der Waals surface area contributed by atoms with Crippen molar-refractivity contribution in [2.24, 2.45) is 0 Å². The van der Waals surface area contributed by atoms with Gasteiger partial charge in [0.05, 0.1) is 7.11 Å². The number of benzene rings is 2. The van der Waals surface area contributed by atoms with Crippen LogP contribution in [0.25, 0.3) is 11.1 Å². The SMILES string of the molecule is CCc1cc(Br)ccc1OCC(=O)Nc1sc(C)c(-c2cccc(Cl)c2)c1C(=O)OC. The van der Waals surface area contributed by atoms with Crippen LogP contribution in [0.5, 0.6) is 5.75 Å². The highest BCUT2D eigenvalue weighted by Crippen LogP contribution is 2.41. The summed E-state index contributed by atoms with van der Waals surface area (Å²) in [6.07, 6.45) is 0.774. The number of anilines is 1. The molecule has 0 atom stereocenters. The van der Waals surface area contributed by atoms with Gasteiger partial charge >= 0.3 is 5.97 Å². The van der Waals surface area contributed by atoms with Crippen molar-refractivity contribution in [1.29, 1.82) is 0 Å². The third-order valence-corrected chi connectivity index (χ3v) is 6.35. The van der Waals surface area contributed by atoms with Gasteiger partial charge in [0.15, 0.2) is 6.61 Å². The highest BCUT2D eigenvalue weighted by Gasteiger charge is 2.25. The van der Waals surface area contributed by atoms with Gasteiger partial charge in [0.1, 0.15) is 16.3 Å². The lowest BCUT2D eigenvalue weighted by Gasteiger charge is -2.11. The number of halogens is 2. The fourth-order valence-electron chi connectivity index (χ4n) is 3.19. The molecule has 1 N–H and O–H groups in total. The van der Waals surface area contributed by atoms with Crippen LogP contribution in [-0.4, -0.2) is 25.6 Å². The molecule has 2 aromatic carbocycles. The monoisotopic (exact) mass is 521 g/mol. The zero-order chi connectivity index (χ0) is 22.5. The average molecular weight is 523 g/mol. The number of carbonyl (C=O) groups is 2. The third-order valence-electron chi connectivity index (χ3n) is 4.60. The van der Waals surface area contributed by atoms with E-state index in [1.165, 1.54) is 18.4 Å². The normalized spacial score (nSPS) is 10.6. The van der Waals surface area contributed by atoms with Gasteiger partial charge in [0.2, 0.25) is 0 Å². The Labute approximate surface area is 198 Å². The second kappa shape index (κ2) is 10.3. The zero-order valence-corrected chi connectivity index (χ0v) is 20.4. The van der Waals surface area contributed by atoms with Gasteiger partial charge in [-0.2, -0.15) is 0 Å². The smallest absolute Gasteiger partial charge is 0.341 e. The summed E-state index contributed by atoms with van der Waals surface area (Å²) in [6, 6.07) is 12.9. The lowest BCUT2D eigenvalue weighted by atomic mass is 10.0. The van der Waals surface area contributed by atoms with Crippen LogP contribution in [0.3, 0.4) is 0 Å². The number of carbonyl (C=O) groups excluding carboxylic acids is 2. The van der Waals surface area contributed by atoms with Crippen LogP contribution in [-0.2, 0) is 16.0 Å². The molecule has 1 heterocycles. The van der Waals surface area contributed by atoms with Crippen LogP contribution in [0.1, 0.15) is 27.7 Å². The second-order valence-corrected chi connectivity index (χ2v) is 9.26. The van der Waals surface area contributed by atoms with Crippen molar-refractivity contribution in [3.05, 3.63) is 68.0 Å². The maximum atomic E-state index is 12.6. The molecule has 0 saturated heterocycles. The highest BCUT2D eigenvalue weighted by atomic mass is 79.9. The third kappa shape index (κ3) is 5.47. The Balaban J connectivity index is 1.85. The maximum absolute atomic E-state index is 12.6. The zero-order valence-electron chi connectivity index (χ0n) is 17.3. The van der Waals surface area contributed by atoms with Crippen molar-refractivity contribution in [2.75, 3.05) is 19.0 Å². The number of ether oxygens (including phenoxy) is 2. The van der Waals surface area contributed by atoms with Crippen LogP contribution in [0.4, 0.5) is 5.00 Å². The van der Waals surface area contributed by atoms with E-state index in [0.717, 1.165) is 26.9 Å². The minimum Gasteiger partial charge on any atom is -0.483 e. The number of hydrogen-bond acceptors (Lipinski definition) is 5. The van der Waals surface area contributed by atoms with Crippen LogP contribution in [0.15, 0.2) is 46.9 Å². The van der Waals surface area contributed by atoms with E-state index in [0.29, 0.717) is 26.9 Å². The minimum absolute atomic E-state index is 0.182. The molecule has 0 aliphatic heterocycles. The van der Waals surface area contributed by atoms with E-state index >= 15 is 0 Å². The molecular formula is C23H21BrClNO4S. The Morgan fingerprint density at radius 3 is 2.65 bits per heavy atom. The van der Waals surface area contributed by atoms with Gasteiger partial charge in [-0.3, -0.25) is 4.79 Å². The summed E-state index contributed by atoms with van der Waals surface area (Å²) in [5.41, 5.74) is 2.77. The van der Waals surface area contributed by atoms with E-state index < -0.39 is 5.97 Å². The van der Waals surface area contributed by atoms with Gasteiger partial charge in [-0.05, 0) is 54.8 Å². The minimum atomic E-state index is -0.531. The molecule has 0 aliphatic carbocycles. The van der Waals surface area contributed by atoms with Crippen molar-refractivity contribution in [1.82, 2.24) is 0 Å². The van der Waals surface area contributed by atoms with E-state index in [1.807, 2.05) is 44.2 Å². The van der Waals surface area contributed by atoms with Crippen LogP contribution in [0, 0.1) is 6.92 Å². The number of nitrogens with one attached hydrogen (secondary N) is 1. The van der Waals surface area contributed by atoms with E-state index in [-0.39, 0.29) is 12.5 Å². The number of hydrogen-bond donors (Lipinski definition) is 1. The molecule has 0 unspecified atom stereocenters. The fraction of sp³-hybridized carbons (Fsp3) is 0.217. The number of thiophene rings is 1. The highest BCUT2D eigenvalue weighted by molar-refractivity contribution is 9.10. The Morgan fingerprint density at radius 2 is 1.97 bits per heavy atom. The standard InChI is InChI=1S/C23H21BrClNO4S/c1-4-14-10-16(24)8-9-18(14)30-12-19(27)26-22-21(23(28)29-3)20(13(2)31-22)15-6-5-7-17(25)11-15/h5-11H,4,12H2,1-3H3,(H,26,27). The van der Waals surface area contributed by atoms with Gasteiger partial charge < -0.3 is 14.8 Å². The molecule has 0 saturated carbocycles. The lowest BCUT2D eigenvalue weighted by Crippen LogP contribution is -2.21. The summed E-state index contributed by atoms with van der Waals surface area (Å²) in [4.78, 5) is 26.0. The molecule has 0 fully saturated rings. The predicted octanol–water partition coefficient (Wildman–Crippen LogP) is 6.51. The van der Waals surface area contributed by atoms with Gasteiger partial charge in [-0.25, -0.2) is 4.79 Å². The summed E-state index contributed by atoms with van der Waals surface area (Å²) in [7, 11) is 1.31. The largest absolute Gasteiger partial charge is 0.483 e. The topological polar surface area (TPSA) is 64.6 Å². The van der Waals surface area contributed by atoms with Gasteiger partial charge in [-0.15, -0.1) is 11.3 Å². The maximum Gasteiger partial charge on any atom is 0.341 e. The summed E-state index contributed by atoms with van der Waals surface area (Å²) >= 11 is 10.9. The first kappa shape index (κ1) is 23.3. The molecule has 1 amide bonds. The van der Waals surface area contributed by atoms with Crippen LogP contribution >= 0.6 is 38.9 Å². The molecule has 0 radical (unpaired) electrons. The quantitative estimate of drug-likeness (QED) is 0.359. The first-order chi connectivity index (χ1) is 14.8. The fourth-order valence-corrected chi connectivity index (χ4v) is 4.87. The van der Waals surface area contributed by atoms with E-state index in [1.54, 1.807) is 12.1 Å². The van der Waals surface area contributed by atoms with Crippen LogP contribution in [0.2, 0.25) is 5.02 Å². The first-order valence-electron chi connectivity index (χ1n) is 9.52. The Hall–Kier alpha value is -2.35. The molecule has 31 heavy (non-hydrogen) atoms. The van der Waals surface area contributed by atoms with E-state index in [4.69, 9.17) is 21.1 Å². The molecule has 0 spiro atoms. The summed E-state index contributed by atoms with van der Waals surface area (Å²) in [6.45, 7) is 3.72. The van der Waals surface area contributed by atoms with Crippen molar-refractivity contribution in [3.63, 3.8) is 0 Å². The van der Waals surface area contributed by atoms with Crippen molar-refractivity contribution in [3.8, 4) is 16.9 Å². The number of aryl methyl sites for hydroxylation is 2. The van der Waals surface area contributed by atoms with Crippen molar-refractivity contribution >= 4 is 55.7 Å². The number of methoxy groups -OCH3 is 1. The molecular weight excluding hydrogens is 502 g/mol. The van der Waals surface area contributed by atoms with Gasteiger partial charge in [0, 0.05) is 19.9 Å². The molecule has 5 nitrogen and oxygen atoms in total. The average Bonchev–Trinajstić information content (AvgIpc) is 3.07. The Bertz CT molecular complexity index is 1130. The summed E-state index contributed by atoms with van der Waals surface area (Å²) in [5.74, 6) is -0.248. The Kier molecular flexibility index (Phi) is 7.75. The molecule has 3 aromatic rings. The van der Waals surface area contributed by atoms with Crippen molar-refractivity contribution < 1.29 is 19.1 Å². The molecule has 0 bridgehead atoms. The number of rotatable bonds is 7. The summed E-state index contributed by atoms with van der Waals surface area (Å²) in [5, 5.41) is 3.77. The Morgan fingerprint density at radius 1 is 1.19 bits per heavy atom. The van der Waals surface area contributed by atoms with Gasteiger partial charge in [0.25, 0.3) is 5.91 Å². The van der Waals surface area contributed by atoms with Crippen LogP contribution < -0.4 is 10.1 Å². The molecule has 162 valence electrons. The van der Waals surface area contributed by atoms with Crippen molar-refractivity contribution in [2.45, 2.75) is 20.3 Å².